The predicted octanol–water partition coefficient (Wildman–Crippen LogP) is 2.03. The molecule has 100 valence electrons. The van der Waals surface area contributed by atoms with E-state index in [0.29, 0.717) is 5.75 Å². The number of benzene rings is 1. The smallest absolute Gasteiger partial charge is 0.176 e. The van der Waals surface area contributed by atoms with Crippen LogP contribution < -0.4 is 15.2 Å². The first kappa shape index (κ1) is 12.6. The van der Waals surface area contributed by atoms with Gasteiger partial charge in [0.25, 0.3) is 0 Å². The fraction of sp³-hybridized carbons (Fsp3) is 0.333. The molecule has 0 atom stereocenters. The van der Waals surface area contributed by atoms with Gasteiger partial charge in [-0.05, 0) is 47.3 Å². The molecule has 4 heteroatoms. The molecule has 2 aliphatic rings. The van der Waals surface area contributed by atoms with Crippen LogP contribution in [0.1, 0.15) is 19.3 Å². The lowest BCUT2D eigenvalue weighted by Gasteiger charge is -2.25. The molecule has 19 heavy (non-hydrogen) atoms. The van der Waals surface area contributed by atoms with Gasteiger partial charge in [0.1, 0.15) is 6.26 Å². The van der Waals surface area contributed by atoms with E-state index < -0.39 is 0 Å². The van der Waals surface area contributed by atoms with Crippen LogP contribution in [0.2, 0.25) is 0 Å². The Morgan fingerprint density at radius 1 is 1.21 bits per heavy atom. The van der Waals surface area contributed by atoms with E-state index in [1.807, 2.05) is 24.4 Å². The molecule has 0 saturated carbocycles. The second kappa shape index (κ2) is 5.29. The van der Waals surface area contributed by atoms with Crippen molar-refractivity contribution < 1.29 is 9.84 Å². The molecular formula is C15H16BrNO2. The number of phenols is 1. The number of piperidine rings is 1. The summed E-state index contributed by atoms with van der Waals surface area (Å²) >= 11 is 3.36. The Labute approximate surface area is 120 Å². The van der Waals surface area contributed by atoms with Crippen molar-refractivity contribution in [2.24, 2.45) is 0 Å². The van der Waals surface area contributed by atoms with Crippen LogP contribution in [-0.4, -0.2) is 23.1 Å². The molecular weight excluding hydrogens is 306 g/mol. The number of nitrogens with zero attached hydrogens (tertiary/aromatic N) is 1. The van der Waals surface area contributed by atoms with Crippen molar-refractivity contribution in [2.75, 3.05) is 13.1 Å². The molecule has 2 aliphatic heterocycles. The first-order chi connectivity index (χ1) is 9.24. The van der Waals surface area contributed by atoms with Gasteiger partial charge in [-0.1, -0.05) is 6.07 Å². The molecule has 0 spiro atoms. The highest BCUT2D eigenvalue weighted by Gasteiger charge is 2.11. The minimum atomic E-state index is 0.218. The third kappa shape index (κ3) is 2.63. The summed E-state index contributed by atoms with van der Waals surface area (Å²) in [5, 5.41) is 12.0. The number of rotatable bonds is 1. The van der Waals surface area contributed by atoms with Gasteiger partial charge in [0.05, 0.1) is 4.48 Å². The zero-order valence-electron chi connectivity index (χ0n) is 10.6. The van der Waals surface area contributed by atoms with Crippen LogP contribution in [-0.2, 0) is 0 Å². The number of fused-ring (bicyclic) bond motifs is 1. The lowest BCUT2D eigenvalue weighted by Crippen LogP contribution is -2.27. The van der Waals surface area contributed by atoms with Gasteiger partial charge < -0.3 is 14.7 Å². The van der Waals surface area contributed by atoms with Crippen LogP contribution in [0.5, 0.6) is 11.5 Å². The van der Waals surface area contributed by atoms with Crippen molar-refractivity contribution in [3.05, 3.63) is 33.3 Å². The number of allylic oxidation sites excluding steroid dienone is 1. The minimum Gasteiger partial charge on any atom is -0.504 e. The fourth-order valence-corrected chi connectivity index (χ4v) is 2.83. The van der Waals surface area contributed by atoms with E-state index in [1.54, 1.807) is 6.26 Å². The Kier molecular flexibility index (Phi) is 3.51. The van der Waals surface area contributed by atoms with Gasteiger partial charge in [0, 0.05) is 29.7 Å². The fourth-order valence-electron chi connectivity index (χ4n) is 2.49. The third-order valence-corrected chi connectivity index (χ3v) is 3.90. The largest absolute Gasteiger partial charge is 0.504 e. The maximum absolute atomic E-state index is 10.3. The summed E-state index contributed by atoms with van der Waals surface area (Å²) in [6, 6.07) is 3.91. The highest BCUT2D eigenvalue weighted by Crippen LogP contribution is 2.22. The van der Waals surface area contributed by atoms with Gasteiger partial charge in [0.15, 0.2) is 11.5 Å². The summed E-state index contributed by atoms with van der Waals surface area (Å²) in [5.41, 5.74) is 0. The first-order valence-electron chi connectivity index (χ1n) is 6.56. The second-order valence-corrected chi connectivity index (χ2v) is 5.83. The Morgan fingerprint density at radius 3 is 2.79 bits per heavy atom. The van der Waals surface area contributed by atoms with Crippen molar-refractivity contribution in [3.63, 3.8) is 0 Å². The standard InChI is InChI=1S/C15H16BrNO2/c16-13-8-11-4-5-12(14(18)15(11)19-10-13)9-17-6-2-1-3-7-17/h4-5,8-10,18H,1-3,6-7H2. The minimum absolute atomic E-state index is 0.218. The van der Waals surface area contributed by atoms with Gasteiger partial charge in [-0.2, -0.15) is 0 Å². The topological polar surface area (TPSA) is 32.7 Å². The maximum Gasteiger partial charge on any atom is 0.176 e. The SMILES string of the molecule is Oc1c2c(ccc1=CN1CCCCC1)=CC(Br)=CO2. The van der Waals surface area contributed by atoms with E-state index in [2.05, 4.69) is 20.8 Å². The number of phenolic OH excluding ortho intramolecular Hbond substituents is 1. The van der Waals surface area contributed by atoms with Crippen LogP contribution in [0, 0.1) is 0 Å². The van der Waals surface area contributed by atoms with E-state index in [0.717, 1.165) is 28.0 Å². The molecule has 0 radical (unpaired) electrons. The quantitative estimate of drug-likeness (QED) is 0.859. The number of hydrogen-bond donors (Lipinski definition) is 1. The summed E-state index contributed by atoms with van der Waals surface area (Å²) in [4.78, 5) is 2.27. The van der Waals surface area contributed by atoms with Crippen molar-refractivity contribution in [2.45, 2.75) is 19.3 Å². The average Bonchev–Trinajstić information content (AvgIpc) is 2.43. The van der Waals surface area contributed by atoms with Crippen molar-refractivity contribution in [3.8, 4) is 11.5 Å². The van der Waals surface area contributed by atoms with Gasteiger partial charge >= 0.3 is 0 Å². The number of aromatic hydroxyl groups is 1. The highest BCUT2D eigenvalue weighted by atomic mass is 79.9. The summed E-state index contributed by atoms with van der Waals surface area (Å²) in [6.07, 6.45) is 9.31. The van der Waals surface area contributed by atoms with Gasteiger partial charge in [-0.3, -0.25) is 0 Å². The molecule has 0 amide bonds. The lowest BCUT2D eigenvalue weighted by atomic mass is 10.1. The number of ether oxygens (including phenoxy) is 1. The Morgan fingerprint density at radius 2 is 2.00 bits per heavy atom. The lowest BCUT2D eigenvalue weighted by molar-refractivity contribution is 0.334. The molecule has 2 heterocycles. The van der Waals surface area contributed by atoms with Crippen LogP contribution >= 0.6 is 15.9 Å². The summed E-state index contributed by atoms with van der Waals surface area (Å²) in [5.74, 6) is 0.754. The zero-order valence-corrected chi connectivity index (χ0v) is 12.2. The zero-order chi connectivity index (χ0) is 13.2. The average molecular weight is 322 g/mol. The van der Waals surface area contributed by atoms with Crippen LogP contribution in [0.4, 0.5) is 0 Å². The summed E-state index contributed by atoms with van der Waals surface area (Å²) < 4.78 is 6.34. The number of halogens is 1. The molecule has 0 unspecified atom stereocenters. The summed E-state index contributed by atoms with van der Waals surface area (Å²) in [6.45, 7) is 2.13. The van der Waals surface area contributed by atoms with E-state index in [-0.39, 0.29) is 5.75 Å². The molecule has 1 aromatic carbocycles. The molecule has 3 rings (SSSR count). The van der Waals surface area contributed by atoms with E-state index >= 15 is 0 Å². The first-order valence-corrected chi connectivity index (χ1v) is 7.35. The second-order valence-electron chi connectivity index (χ2n) is 4.91. The Balaban J connectivity index is 2.01. The maximum atomic E-state index is 10.3. The summed E-state index contributed by atoms with van der Waals surface area (Å²) in [7, 11) is 0. The van der Waals surface area contributed by atoms with Crippen LogP contribution in [0.15, 0.2) is 22.9 Å². The monoisotopic (exact) mass is 321 g/mol. The Hall–Kier alpha value is -1.42. The number of hydrogen-bond acceptors (Lipinski definition) is 3. The van der Waals surface area contributed by atoms with Crippen molar-refractivity contribution in [1.29, 1.82) is 0 Å². The van der Waals surface area contributed by atoms with Crippen LogP contribution in [0.25, 0.3) is 12.3 Å². The molecule has 0 aromatic heterocycles. The van der Waals surface area contributed by atoms with Gasteiger partial charge in [-0.25, -0.2) is 0 Å². The molecule has 1 aromatic rings. The molecule has 0 bridgehead atoms. The third-order valence-electron chi connectivity index (χ3n) is 3.49. The van der Waals surface area contributed by atoms with Crippen molar-refractivity contribution in [1.82, 2.24) is 4.90 Å². The highest BCUT2D eigenvalue weighted by molar-refractivity contribution is 9.12. The van der Waals surface area contributed by atoms with Crippen molar-refractivity contribution >= 4 is 28.2 Å². The number of likely N-dealkylation sites (tertiary alicyclic amines) is 1. The normalized spacial score (nSPS) is 19.3. The molecule has 3 nitrogen and oxygen atoms in total. The molecule has 0 aliphatic carbocycles. The van der Waals surface area contributed by atoms with E-state index in [1.165, 1.54) is 19.3 Å². The van der Waals surface area contributed by atoms with Gasteiger partial charge in [0.2, 0.25) is 0 Å². The molecule has 1 fully saturated rings. The Bertz CT molecular complexity index is 630. The molecule has 1 saturated heterocycles. The van der Waals surface area contributed by atoms with E-state index in [4.69, 9.17) is 4.74 Å². The van der Waals surface area contributed by atoms with E-state index in [9.17, 15) is 5.11 Å². The van der Waals surface area contributed by atoms with Gasteiger partial charge in [-0.15, -0.1) is 0 Å². The predicted molar refractivity (Wildman–Crippen MR) is 79.3 cm³/mol. The molecule has 1 N–H and O–H groups in total. The van der Waals surface area contributed by atoms with Crippen LogP contribution in [0.3, 0.4) is 0 Å².